The lowest BCUT2D eigenvalue weighted by atomic mass is 9.87. The summed E-state index contributed by atoms with van der Waals surface area (Å²) in [4.78, 5) is 5.28. The van der Waals surface area contributed by atoms with Gasteiger partial charge >= 0.3 is 0 Å². The van der Waals surface area contributed by atoms with Crippen LogP contribution in [0.25, 0.3) is 0 Å². The highest BCUT2D eigenvalue weighted by Crippen LogP contribution is 2.37. The molecule has 2 N–H and O–H groups in total. The van der Waals surface area contributed by atoms with Gasteiger partial charge in [-0.2, -0.15) is 0 Å². The molecule has 96 valence electrons. The molecule has 1 aromatic heterocycles. The third-order valence-corrected chi connectivity index (χ3v) is 5.37. The lowest BCUT2D eigenvalue weighted by Crippen LogP contribution is -2.51. The Labute approximate surface area is 109 Å². The average molecular weight is 252 g/mol. The maximum atomic E-state index is 6.55. The molecule has 0 bridgehead atoms. The molecule has 0 spiro atoms. The third-order valence-electron chi connectivity index (χ3n) is 4.28. The van der Waals surface area contributed by atoms with Crippen LogP contribution < -0.4 is 5.73 Å². The van der Waals surface area contributed by atoms with E-state index in [1.807, 2.05) is 11.3 Å². The molecule has 1 aliphatic rings. The molecule has 3 heteroatoms. The predicted octanol–water partition coefficient (Wildman–Crippen LogP) is 3.32. The Morgan fingerprint density at radius 1 is 1.41 bits per heavy atom. The smallest absolute Gasteiger partial charge is 0.0574 e. The quantitative estimate of drug-likeness (QED) is 0.890. The Kier molecular flexibility index (Phi) is 3.91. The highest BCUT2D eigenvalue weighted by Gasteiger charge is 2.38. The summed E-state index contributed by atoms with van der Waals surface area (Å²) in [6.07, 6.45) is 3.77. The monoisotopic (exact) mass is 252 g/mol. The van der Waals surface area contributed by atoms with Crippen molar-refractivity contribution in [2.75, 3.05) is 13.1 Å². The number of hydrogen-bond donors (Lipinski definition) is 1. The maximum absolute atomic E-state index is 6.55. The molecule has 1 aliphatic heterocycles. The van der Waals surface area contributed by atoms with Crippen LogP contribution in [0.5, 0.6) is 0 Å². The minimum absolute atomic E-state index is 0.119. The Balaban J connectivity index is 2.21. The number of rotatable bonds is 4. The molecular formula is C14H24N2S. The van der Waals surface area contributed by atoms with E-state index in [0.717, 1.165) is 6.42 Å². The van der Waals surface area contributed by atoms with Gasteiger partial charge in [-0.05, 0) is 58.3 Å². The van der Waals surface area contributed by atoms with E-state index in [1.165, 1.54) is 35.7 Å². The zero-order chi connectivity index (χ0) is 12.5. The highest BCUT2D eigenvalue weighted by molar-refractivity contribution is 7.12. The minimum Gasteiger partial charge on any atom is -0.322 e. The molecule has 1 fully saturated rings. The molecule has 2 unspecified atom stereocenters. The van der Waals surface area contributed by atoms with E-state index in [2.05, 4.69) is 37.8 Å². The second kappa shape index (κ2) is 5.09. The van der Waals surface area contributed by atoms with E-state index in [9.17, 15) is 0 Å². The van der Waals surface area contributed by atoms with Crippen molar-refractivity contribution >= 4 is 11.3 Å². The van der Waals surface area contributed by atoms with Crippen molar-refractivity contribution in [3.05, 3.63) is 21.9 Å². The van der Waals surface area contributed by atoms with Crippen LogP contribution in [0.15, 0.2) is 12.1 Å². The van der Waals surface area contributed by atoms with Crippen molar-refractivity contribution < 1.29 is 0 Å². The van der Waals surface area contributed by atoms with E-state index < -0.39 is 0 Å². The highest BCUT2D eigenvalue weighted by atomic mass is 32.1. The van der Waals surface area contributed by atoms with Gasteiger partial charge in [0.2, 0.25) is 0 Å². The second-order valence-electron chi connectivity index (χ2n) is 5.33. The fourth-order valence-corrected chi connectivity index (χ4v) is 3.82. The Morgan fingerprint density at radius 3 is 2.53 bits per heavy atom. The number of nitrogens with two attached hydrogens (primary N) is 1. The van der Waals surface area contributed by atoms with Crippen molar-refractivity contribution in [3.8, 4) is 0 Å². The number of aryl methyl sites for hydroxylation is 1. The van der Waals surface area contributed by atoms with Gasteiger partial charge in [-0.1, -0.05) is 6.92 Å². The molecule has 0 saturated carbocycles. The molecule has 0 aliphatic carbocycles. The first-order valence-corrected chi connectivity index (χ1v) is 7.46. The first-order valence-electron chi connectivity index (χ1n) is 6.65. The van der Waals surface area contributed by atoms with Gasteiger partial charge < -0.3 is 5.73 Å². The first kappa shape index (κ1) is 13.1. The molecular weight excluding hydrogens is 228 g/mol. The van der Waals surface area contributed by atoms with Crippen LogP contribution in [-0.2, 0) is 0 Å². The summed E-state index contributed by atoms with van der Waals surface area (Å²) in [5.74, 6) is 0. The summed E-state index contributed by atoms with van der Waals surface area (Å²) in [5.41, 5.74) is 6.66. The molecule has 0 amide bonds. The van der Waals surface area contributed by atoms with Crippen molar-refractivity contribution in [1.29, 1.82) is 0 Å². The zero-order valence-electron chi connectivity index (χ0n) is 11.2. The molecule has 0 aromatic carbocycles. The number of nitrogens with zero attached hydrogens (tertiary/aromatic N) is 1. The van der Waals surface area contributed by atoms with Crippen LogP contribution in [-0.4, -0.2) is 23.5 Å². The Hall–Kier alpha value is -0.380. The molecule has 1 saturated heterocycles. The topological polar surface area (TPSA) is 29.3 Å². The van der Waals surface area contributed by atoms with Gasteiger partial charge in [0, 0.05) is 15.3 Å². The summed E-state index contributed by atoms with van der Waals surface area (Å²) in [6, 6.07) is 4.53. The van der Waals surface area contributed by atoms with Gasteiger partial charge in [-0.25, -0.2) is 0 Å². The SMILES string of the molecule is CCC(C)(C(N)c1ccc(C)s1)N1CCCC1. The van der Waals surface area contributed by atoms with Gasteiger partial charge in [0.15, 0.2) is 0 Å². The van der Waals surface area contributed by atoms with Crippen LogP contribution in [0.2, 0.25) is 0 Å². The second-order valence-corrected chi connectivity index (χ2v) is 6.65. The van der Waals surface area contributed by atoms with Crippen LogP contribution in [0, 0.1) is 6.92 Å². The van der Waals surface area contributed by atoms with Crippen LogP contribution in [0.1, 0.15) is 48.9 Å². The van der Waals surface area contributed by atoms with E-state index in [4.69, 9.17) is 5.73 Å². The fourth-order valence-electron chi connectivity index (χ4n) is 2.80. The summed E-state index contributed by atoms with van der Waals surface area (Å²) < 4.78 is 0. The van der Waals surface area contributed by atoms with E-state index in [0.29, 0.717) is 0 Å². The Morgan fingerprint density at radius 2 is 2.06 bits per heavy atom. The molecule has 0 radical (unpaired) electrons. The van der Waals surface area contributed by atoms with Gasteiger partial charge in [-0.3, -0.25) is 4.90 Å². The van der Waals surface area contributed by atoms with E-state index >= 15 is 0 Å². The maximum Gasteiger partial charge on any atom is 0.0574 e. The van der Waals surface area contributed by atoms with E-state index in [1.54, 1.807) is 0 Å². The van der Waals surface area contributed by atoms with Crippen molar-refractivity contribution in [1.82, 2.24) is 4.90 Å². The van der Waals surface area contributed by atoms with Crippen LogP contribution >= 0.6 is 11.3 Å². The first-order chi connectivity index (χ1) is 8.08. The number of hydrogen-bond acceptors (Lipinski definition) is 3. The third kappa shape index (κ3) is 2.42. The minimum atomic E-state index is 0.119. The standard InChI is InChI=1S/C14H24N2S/c1-4-14(3,16-9-5-6-10-16)13(15)12-8-7-11(2)17-12/h7-8,13H,4-6,9-10,15H2,1-3H3. The molecule has 2 heterocycles. The molecule has 17 heavy (non-hydrogen) atoms. The van der Waals surface area contributed by atoms with Crippen molar-refractivity contribution in [2.24, 2.45) is 5.73 Å². The van der Waals surface area contributed by atoms with Gasteiger partial charge in [-0.15, -0.1) is 11.3 Å². The van der Waals surface area contributed by atoms with E-state index in [-0.39, 0.29) is 11.6 Å². The van der Waals surface area contributed by atoms with Gasteiger partial charge in [0.25, 0.3) is 0 Å². The van der Waals surface area contributed by atoms with Gasteiger partial charge in [0.05, 0.1) is 6.04 Å². The van der Waals surface area contributed by atoms with Crippen molar-refractivity contribution in [2.45, 2.75) is 51.6 Å². The number of likely N-dealkylation sites (tertiary alicyclic amines) is 1. The fraction of sp³-hybridized carbons (Fsp3) is 0.714. The Bertz CT molecular complexity index is 368. The zero-order valence-corrected chi connectivity index (χ0v) is 12.0. The molecule has 1 aromatic rings. The van der Waals surface area contributed by atoms with Gasteiger partial charge in [0.1, 0.15) is 0 Å². The summed E-state index contributed by atoms with van der Waals surface area (Å²) >= 11 is 1.85. The molecule has 2 nitrogen and oxygen atoms in total. The summed E-state index contributed by atoms with van der Waals surface area (Å²) in [7, 11) is 0. The van der Waals surface area contributed by atoms with Crippen LogP contribution in [0.4, 0.5) is 0 Å². The van der Waals surface area contributed by atoms with Crippen molar-refractivity contribution in [3.63, 3.8) is 0 Å². The predicted molar refractivity (Wildman–Crippen MR) is 75.5 cm³/mol. The average Bonchev–Trinajstić information content (AvgIpc) is 2.97. The summed E-state index contributed by atoms with van der Waals surface area (Å²) in [6.45, 7) is 9.17. The molecule has 2 rings (SSSR count). The van der Waals surface area contributed by atoms with Crippen LogP contribution in [0.3, 0.4) is 0 Å². The number of thiophene rings is 1. The lowest BCUT2D eigenvalue weighted by molar-refractivity contribution is 0.101. The normalized spacial score (nSPS) is 22.6. The largest absolute Gasteiger partial charge is 0.322 e. The summed E-state index contributed by atoms with van der Waals surface area (Å²) in [5, 5.41) is 0. The lowest BCUT2D eigenvalue weighted by Gasteiger charge is -2.42. The molecule has 2 atom stereocenters.